The Balaban J connectivity index is 0.000000490. The molecule has 0 aromatic heterocycles. The van der Waals surface area contributed by atoms with Crippen LogP contribution >= 0.6 is 0 Å². The second kappa shape index (κ2) is 15.0. The molecule has 2 atom stereocenters. The molecule has 0 spiro atoms. The molecule has 4 aliphatic rings. The van der Waals surface area contributed by atoms with Crippen molar-refractivity contribution >= 4 is 0 Å². The predicted octanol–water partition coefficient (Wildman–Crippen LogP) is 1.81. The Hall–Kier alpha value is 1.04. The molecule has 0 saturated heterocycles. The molecule has 0 nitrogen and oxygen atoms in total. The van der Waals surface area contributed by atoms with E-state index in [0.29, 0.717) is 0 Å². The van der Waals surface area contributed by atoms with Crippen LogP contribution in [0.3, 0.4) is 0 Å². The maximum atomic E-state index is 2.35. The van der Waals surface area contributed by atoms with Crippen molar-refractivity contribution in [1.82, 2.24) is 0 Å². The maximum absolute atomic E-state index is 2.35. The molecule has 4 rings (SSSR count). The topological polar surface area (TPSA) is 0 Å². The zero-order chi connectivity index (χ0) is 18.5. The standard InChI is InChI=1S/2C13H19.2HI.Zr/c2*1-10(2)9-12-8-7-11-5-3-4-6-13(11)12;;;/h2*3-4,6,10-11H,5,7-9H2,1-2H3;2*1H;/q2*-1;;;+4/p-2. The summed E-state index contributed by atoms with van der Waals surface area (Å²) >= 11 is 0. The fourth-order valence-electron chi connectivity index (χ4n) is 5.13. The van der Waals surface area contributed by atoms with E-state index in [1.165, 1.54) is 51.4 Å². The van der Waals surface area contributed by atoms with Crippen molar-refractivity contribution in [3.05, 3.63) is 59.4 Å². The van der Waals surface area contributed by atoms with Crippen molar-refractivity contribution < 1.29 is 74.2 Å². The number of halogens is 2. The molecule has 3 heteroatoms. The van der Waals surface area contributed by atoms with Gasteiger partial charge in [-0.05, 0) is 24.7 Å². The zero-order valence-electron chi connectivity index (χ0n) is 18.7. The van der Waals surface area contributed by atoms with Gasteiger partial charge in [0.25, 0.3) is 0 Å². The van der Waals surface area contributed by atoms with Crippen LogP contribution in [0, 0.1) is 35.5 Å². The van der Waals surface area contributed by atoms with Gasteiger partial charge in [-0.15, -0.1) is 24.3 Å². The average Bonchev–Trinajstić information content (AvgIpc) is 3.20. The zero-order valence-corrected chi connectivity index (χ0v) is 25.5. The summed E-state index contributed by atoms with van der Waals surface area (Å²) in [5.41, 5.74) is 3.35. The number of allylic oxidation sites excluding steroid dienone is 8. The van der Waals surface area contributed by atoms with Crippen LogP contribution < -0.4 is 48.0 Å². The first kappa shape index (κ1) is 30.0. The fraction of sp³-hybridized carbons (Fsp3) is 0.615. The van der Waals surface area contributed by atoms with Crippen molar-refractivity contribution in [2.45, 2.75) is 79.1 Å². The molecule has 0 N–H and O–H groups in total. The van der Waals surface area contributed by atoms with E-state index in [-0.39, 0.29) is 74.2 Å². The third-order valence-electron chi connectivity index (χ3n) is 6.26. The number of hydrogen-bond donors (Lipinski definition) is 0. The minimum absolute atomic E-state index is 0. The van der Waals surface area contributed by atoms with Crippen molar-refractivity contribution in [3.8, 4) is 0 Å². The molecule has 160 valence electrons. The Morgan fingerprint density at radius 2 is 1.14 bits per heavy atom. The molecule has 0 aromatic rings. The van der Waals surface area contributed by atoms with Crippen LogP contribution in [0.1, 0.15) is 79.1 Å². The molecule has 0 bridgehead atoms. The summed E-state index contributed by atoms with van der Waals surface area (Å²) in [5.74, 6) is 6.87. The number of hydrogen-bond acceptors (Lipinski definition) is 0. The number of rotatable bonds is 4. The summed E-state index contributed by atoms with van der Waals surface area (Å²) in [6.07, 6.45) is 24.5. The molecule has 29 heavy (non-hydrogen) atoms. The second-order valence-electron chi connectivity index (χ2n) is 9.45. The molecule has 0 heterocycles. The van der Waals surface area contributed by atoms with Crippen LogP contribution in [0.4, 0.5) is 0 Å². The SMILES string of the molecule is CC(C)C[C-]1CCC2CC=CC=C12.CC(C)C[C-]1CCC2CC=CC=C12.[I-].[I-].[Zr+4]. The summed E-state index contributed by atoms with van der Waals surface area (Å²) in [6, 6.07) is 0. The first-order valence-electron chi connectivity index (χ1n) is 11.0. The van der Waals surface area contributed by atoms with Gasteiger partial charge in [-0.25, -0.2) is 35.1 Å². The average molecular weight is 696 g/mol. The van der Waals surface area contributed by atoms with Gasteiger partial charge in [-0.3, -0.25) is 0 Å². The smallest absolute Gasteiger partial charge is 1.00 e. The summed E-state index contributed by atoms with van der Waals surface area (Å²) in [4.78, 5) is 0. The Morgan fingerprint density at radius 3 is 1.48 bits per heavy atom. The van der Waals surface area contributed by atoms with E-state index in [4.69, 9.17) is 0 Å². The van der Waals surface area contributed by atoms with Crippen LogP contribution in [-0.4, -0.2) is 0 Å². The van der Waals surface area contributed by atoms with Crippen LogP contribution in [0.15, 0.2) is 47.6 Å². The Morgan fingerprint density at radius 1 is 0.759 bits per heavy atom. The van der Waals surface area contributed by atoms with Gasteiger partial charge in [0.2, 0.25) is 0 Å². The van der Waals surface area contributed by atoms with Gasteiger partial charge in [0.05, 0.1) is 0 Å². The van der Waals surface area contributed by atoms with Crippen molar-refractivity contribution in [2.24, 2.45) is 23.7 Å². The molecule has 2 unspecified atom stereocenters. The third kappa shape index (κ3) is 8.83. The first-order valence-corrected chi connectivity index (χ1v) is 11.0. The molecule has 0 aromatic carbocycles. The van der Waals surface area contributed by atoms with E-state index in [1.807, 2.05) is 0 Å². The monoisotopic (exact) mass is 694 g/mol. The minimum atomic E-state index is 0. The third-order valence-corrected chi connectivity index (χ3v) is 6.26. The Kier molecular flexibility index (Phi) is 15.5. The van der Waals surface area contributed by atoms with Crippen molar-refractivity contribution in [2.75, 3.05) is 0 Å². The van der Waals surface area contributed by atoms with Gasteiger partial charge in [0.1, 0.15) is 0 Å². The second-order valence-corrected chi connectivity index (χ2v) is 9.45. The molecule has 0 radical (unpaired) electrons. The first-order chi connectivity index (χ1) is 12.5. The molecule has 4 aliphatic carbocycles. The van der Waals surface area contributed by atoms with Gasteiger partial charge in [-0.1, -0.05) is 78.1 Å². The van der Waals surface area contributed by atoms with Gasteiger partial charge in [0, 0.05) is 0 Å². The van der Waals surface area contributed by atoms with Crippen LogP contribution in [-0.2, 0) is 26.2 Å². The van der Waals surface area contributed by atoms with E-state index in [1.54, 1.807) is 23.0 Å². The molecular weight excluding hydrogens is 657 g/mol. The van der Waals surface area contributed by atoms with Crippen LogP contribution in [0.5, 0.6) is 0 Å². The summed E-state index contributed by atoms with van der Waals surface area (Å²) in [7, 11) is 0. The summed E-state index contributed by atoms with van der Waals surface area (Å²) < 4.78 is 0. The van der Waals surface area contributed by atoms with Crippen molar-refractivity contribution in [1.29, 1.82) is 0 Å². The molecule has 2 saturated carbocycles. The molecule has 0 amide bonds. The quantitative estimate of drug-likeness (QED) is 0.312. The van der Waals surface area contributed by atoms with Crippen molar-refractivity contribution in [3.63, 3.8) is 0 Å². The minimum Gasteiger partial charge on any atom is -1.00 e. The largest absolute Gasteiger partial charge is 4.00 e. The van der Waals surface area contributed by atoms with E-state index in [2.05, 4.69) is 64.2 Å². The van der Waals surface area contributed by atoms with E-state index in [9.17, 15) is 0 Å². The Labute approximate surface area is 234 Å². The van der Waals surface area contributed by atoms with E-state index in [0.717, 1.165) is 23.7 Å². The maximum Gasteiger partial charge on any atom is 4.00 e. The van der Waals surface area contributed by atoms with Gasteiger partial charge < -0.3 is 48.0 Å². The van der Waals surface area contributed by atoms with Crippen LogP contribution in [0.25, 0.3) is 0 Å². The van der Waals surface area contributed by atoms with E-state index >= 15 is 0 Å². The molecule has 0 aliphatic heterocycles. The van der Waals surface area contributed by atoms with E-state index < -0.39 is 0 Å². The molecular formula is C26H38I2Zr. The van der Waals surface area contributed by atoms with Gasteiger partial charge >= 0.3 is 26.2 Å². The van der Waals surface area contributed by atoms with Gasteiger partial charge in [0.15, 0.2) is 0 Å². The number of fused-ring (bicyclic) bond motifs is 2. The molecule has 2 fully saturated rings. The summed E-state index contributed by atoms with van der Waals surface area (Å²) in [6.45, 7) is 9.28. The fourth-order valence-corrected chi connectivity index (χ4v) is 5.13. The normalized spacial score (nSPS) is 23.8. The summed E-state index contributed by atoms with van der Waals surface area (Å²) in [5, 5.41) is 0. The predicted molar refractivity (Wildman–Crippen MR) is 115 cm³/mol. The van der Waals surface area contributed by atoms with Crippen LogP contribution in [0.2, 0.25) is 0 Å². The van der Waals surface area contributed by atoms with Gasteiger partial charge in [-0.2, -0.15) is 0 Å². The Bertz CT molecular complexity index is 534.